The quantitative estimate of drug-likeness (QED) is 0.215. The maximum absolute atomic E-state index is 4.93. The van der Waals surface area contributed by atoms with Gasteiger partial charge in [0.25, 0.3) is 0 Å². The number of halogens is 2. The summed E-state index contributed by atoms with van der Waals surface area (Å²) in [6, 6.07) is 27.3. The molecule has 4 rings (SSSR count). The van der Waals surface area contributed by atoms with Crippen molar-refractivity contribution in [1.29, 1.82) is 0 Å². The number of fused-ring (bicyclic) bond motifs is 1. The molecule has 4 aromatic carbocycles. The van der Waals surface area contributed by atoms with Gasteiger partial charge < -0.3 is 0 Å². The molecule has 0 aliphatic carbocycles. The van der Waals surface area contributed by atoms with Crippen molar-refractivity contribution in [2.24, 2.45) is 0 Å². The van der Waals surface area contributed by atoms with Gasteiger partial charge >= 0.3 is 37.9 Å². The molecule has 0 atom stereocenters. The third kappa shape index (κ3) is 6.29. The van der Waals surface area contributed by atoms with Gasteiger partial charge in [-0.3, -0.25) is 0 Å². The summed E-state index contributed by atoms with van der Waals surface area (Å²) in [6.45, 7) is 16.2. The van der Waals surface area contributed by atoms with Crippen molar-refractivity contribution in [3.8, 4) is 22.3 Å². The Morgan fingerprint density at radius 2 is 1.29 bits per heavy atom. The normalized spacial score (nSPS) is 11.8. The van der Waals surface area contributed by atoms with E-state index in [0.717, 1.165) is 6.42 Å². The summed E-state index contributed by atoms with van der Waals surface area (Å²) < 4.78 is 0. The minimum atomic E-state index is -0.826. The van der Waals surface area contributed by atoms with Crippen LogP contribution < -0.4 is 0 Å². The molecule has 0 aliphatic heterocycles. The fourth-order valence-electron chi connectivity index (χ4n) is 4.40. The van der Waals surface area contributed by atoms with Crippen LogP contribution in [0.3, 0.4) is 0 Å². The molecule has 0 spiro atoms. The molecule has 3 heteroatoms. The van der Waals surface area contributed by atoms with Gasteiger partial charge in [0.1, 0.15) is 0 Å². The standard InChI is InChI=1S/C31H35.2ClH.Zr/c1-8-21-14-15-23-16-24(22-12-10-9-11-13-22)19-28(23)29(21)25-17-26(30(2,3)4)20-27(18-25)31(5,6)7;;;/h9-20H,8H2,1-7H3;2*1H;/q-1;;;+2/p-2. The van der Waals surface area contributed by atoms with Crippen LogP contribution in [0.25, 0.3) is 33.0 Å². The molecule has 0 saturated carbocycles. The second-order valence-electron chi connectivity index (χ2n) is 10.9. The molecule has 0 bridgehead atoms. The van der Waals surface area contributed by atoms with Crippen LogP contribution >= 0.6 is 17.0 Å². The Bertz CT molecular complexity index is 1210. The first-order valence-corrected chi connectivity index (χ1v) is 18.2. The van der Waals surface area contributed by atoms with Crippen molar-refractivity contribution in [3.63, 3.8) is 0 Å². The Morgan fingerprint density at radius 1 is 0.735 bits per heavy atom. The van der Waals surface area contributed by atoms with E-state index in [1.54, 1.807) is 0 Å². The Morgan fingerprint density at radius 3 is 1.79 bits per heavy atom. The first kappa shape index (κ1) is 27.3. The van der Waals surface area contributed by atoms with Gasteiger partial charge in [-0.05, 0) is 39.5 Å². The average molecular weight is 570 g/mol. The van der Waals surface area contributed by atoms with E-state index in [4.69, 9.17) is 17.0 Å². The third-order valence-electron chi connectivity index (χ3n) is 6.42. The summed E-state index contributed by atoms with van der Waals surface area (Å²) in [7, 11) is 9.87. The second kappa shape index (κ2) is 11.2. The summed E-state index contributed by atoms with van der Waals surface area (Å²) in [4.78, 5) is 0. The monoisotopic (exact) mass is 567 g/mol. The predicted molar refractivity (Wildman–Crippen MR) is 149 cm³/mol. The van der Waals surface area contributed by atoms with Crippen LogP contribution in [0.4, 0.5) is 0 Å². The molecule has 0 radical (unpaired) electrons. The molecule has 0 unspecified atom stereocenters. The summed E-state index contributed by atoms with van der Waals surface area (Å²) >= 11 is -0.826. The van der Waals surface area contributed by atoms with E-state index in [-0.39, 0.29) is 10.8 Å². The van der Waals surface area contributed by atoms with Crippen molar-refractivity contribution in [2.45, 2.75) is 65.7 Å². The molecule has 0 amide bonds. The number of aryl methyl sites for hydroxylation is 1. The zero-order valence-electron chi connectivity index (χ0n) is 21.4. The van der Waals surface area contributed by atoms with Crippen LogP contribution in [-0.2, 0) is 38.1 Å². The van der Waals surface area contributed by atoms with E-state index in [1.165, 1.54) is 49.7 Å². The molecule has 34 heavy (non-hydrogen) atoms. The topological polar surface area (TPSA) is 0 Å². The molecule has 0 N–H and O–H groups in total. The molecule has 0 nitrogen and oxygen atoms in total. The molecular weight excluding hydrogens is 534 g/mol. The molecule has 0 aliphatic rings. The molecule has 178 valence electrons. The summed E-state index contributed by atoms with van der Waals surface area (Å²) in [5.74, 6) is 0. The molecule has 0 saturated heterocycles. The SMILES string of the molecule is CCc1ccc2[cH-]c(-c3ccccc3)cc2c1-c1cc(C(C)(C)C)cc(C(C)(C)C)c1.[Cl][Zr][Cl]. The van der Waals surface area contributed by atoms with Crippen molar-refractivity contribution in [2.75, 3.05) is 0 Å². The van der Waals surface area contributed by atoms with E-state index in [9.17, 15) is 0 Å². The minimum absolute atomic E-state index is 0.109. The molecular formula is C31H35Cl2Zr-. The van der Waals surface area contributed by atoms with E-state index in [2.05, 4.69) is 121 Å². The summed E-state index contributed by atoms with van der Waals surface area (Å²) in [6.07, 6.45) is 1.03. The van der Waals surface area contributed by atoms with E-state index >= 15 is 0 Å². The number of hydrogen-bond donors (Lipinski definition) is 0. The first-order chi connectivity index (χ1) is 16.0. The molecule has 0 aromatic heterocycles. The average Bonchev–Trinajstić information content (AvgIpc) is 3.22. The van der Waals surface area contributed by atoms with Gasteiger partial charge in [0.15, 0.2) is 0 Å². The fraction of sp³-hybridized carbons (Fsp3) is 0.323. The Kier molecular flexibility index (Phi) is 9.00. The van der Waals surface area contributed by atoms with Gasteiger partial charge in [0.05, 0.1) is 0 Å². The second-order valence-corrected chi connectivity index (χ2v) is 14.7. The van der Waals surface area contributed by atoms with Gasteiger partial charge in [0, 0.05) is 0 Å². The number of rotatable bonds is 3. The number of benzene rings is 3. The van der Waals surface area contributed by atoms with Crippen LogP contribution in [0.2, 0.25) is 0 Å². The summed E-state index contributed by atoms with van der Waals surface area (Å²) in [5.41, 5.74) is 9.78. The first-order valence-electron chi connectivity index (χ1n) is 11.9. The number of hydrogen-bond acceptors (Lipinski definition) is 0. The predicted octanol–water partition coefficient (Wildman–Crippen LogP) is 10.4. The summed E-state index contributed by atoms with van der Waals surface area (Å²) in [5, 5.41) is 2.69. The van der Waals surface area contributed by atoms with Gasteiger partial charge in [-0.1, -0.05) is 114 Å². The maximum atomic E-state index is 4.93. The van der Waals surface area contributed by atoms with Gasteiger partial charge in [-0.25, -0.2) is 0 Å². The van der Waals surface area contributed by atoms with E-state index in [1.807, 2.05) is 0 Å². The van der Waals surface area contributed by atoms with E-state index in [0.29, 0.717) is 0 Å². The van der Waals surface area contributed by atoms with Crippen LogP contribution in [0.1, 0.15) is 65.2 Å². The molecule has 4 aromatic rings. The zero-order valence-corrected chi connectivity index (χ0v) is 25.4. The van der Waals surface area contributed by atoms with Gasteiger partial charge in [0.2, 0.25) is 0 Å². The van der Waals surface area contributed by atoms with Crippen LogP contribution in [0.15, 0.2) is 72.8 Å². The van der Waals surface area contributed by atoms with Gasteiger partial charge in [-0.2, -0.15) is 0 Å². The Labute approximate surface area is 224 Å². The Hall–Kier alpha value is -1.27. The zero-order chi connectivity index (χ0) is 25.1. The van der Waals surface area contributed by atoms with Gasteiger partial charge in [-0.15, -0.1) is 34.5 Å². The fourth-order valence-corrected chi connectivity index (χ4v) is 4.40. The molecule has 0 fully saturated rings. The van der Waals surface area contributed by atoms with Crippen LogP contribution in [-0.4, -0.2) is 0 Å². The van der Waals surface area contributed by atoms with Crippen molar-refractivity contribution in [1.82, 2.24) is 0 Å². The van der Waals surface area contributed by atoms with Crippen molar-refractivity contribution in [3.05, 3.63) is 89.5 Å². The van der Waals surface area contributed by atoms with Crippen LogP contribution in [0.5, 0.6) is 0 Å². The van der Waals surface area contributed by atoms with Crippen LogP contribution in [0, 0.1) is 0 Å². The molecule has 0 heterocycles. The Balaban J connectivity index is 0.00000103. The van der Waals surface area contributed by atoms with Crippen molar-refractivity contribution >= 4 is 27.8 Å². The van der Waals surface area contributed by atoms with Crippen molar-refractivity contribution < 1.29 is 20.8 Å². The third-order valence-corrected chi connectivity index (χ3v) is 6.42. The van der Waals surface area contributed by atoms with E-state index < -0.39 is 20.8 Å².